The molecule has 0 aromatic heterocycles. The first-order valence-corrected chi connectivity index (χ1v) is 12.2. The molecule has 3 heterocycles. The van der Waals surface area contributed by atoms with Gasteiger partial charge in [-0.25, -0.2) is 8.42 Å². The summed E-state index contributed by atoms with van der Waals surface area (Å²) in [6, 6.07) is 3.17. The average molecular weight is 436 g/mol. The van der Waals surface area contributed by atoms with Crippen LogP contribution in [-0.2, 0) is 19.6 Å². The molecule has 9 heteroatoms. The van der Waals surface area contributed by atoms with Crippen LogP contribution in [0, 0.1) is 12.8 Å². The van der Waals surface area contributed by atoms with Crippen molar-refractivity contribution in [2.24, 2.45) is 5.92 Å². The van der Waals surface area contributed by atoms with E-state index in [0.29, 0.717) is 49.4 Å². The van der Waals surface area contributed by atoms with Crippen LogP contribution >= 0.6 is 0 Å². The molecule has 164 valence electrons. The van der Waals surface area contributed by atoms with Crippen LogP contribution in [0.4, 0.5) is 5.69 Å². The molecule has 0 unspecified atom stereocenters. The number of fused-ring (bicyclic) bond motifs is 1. The monoisotopic (exact) mass is 435 g/mol. The molecular weight excluding hydrogens is 406 g/mol. The lowest BCUT2D eigenvalue weighted by molar-refractivity contribution is -0.135. The number of ether oxygens (including phenoxy) is 1. The lowest BCUT2D eigenvalue weighted by Gasteiger charge is -2.33. The predicted octanol–water partition coefficient (Wildman–Crippen LogP) is 2.13. The Morgan fingerprint density at radius 1 is 1.17 bits per heavy atom. The molecule has 1 atom stereocenters. The fraction of sp³-hybridized carbons (Fsp3) is 0.619. The van der Waals surface area contributed by atoms with E-state index in [9.17, 15) is 18.0 Å². The standard InChI is InChI=1S/C21H29N3O5S/c1-3-17-20(25)22-16-12-14(2)19(13-18(16)29-17)30(27,28)24-10-6-15(7-11-24)21(26)23-8-4-5-9-23/h12-13,15,17H,3-11H2,1-2H3,(H,22,25)/t17-/m1/s1. The summed E-state index contributed by atoms with van der Waals surface area (Å²) in [5.41, 5.74) is 1.05. The molecule has 1 N–H and O–H groups in total. The third kappa shape index (κ3) is 3.80. The number of hydrogen-bond acceptors (Lipinski definition) is 5. The Labute approximate surface area is 177 Å². The summed E-state index contributed by atoms with van der Waals surface area (Å²) < 4.78 is 33.9. The molecule has 2 fully saturated rings. The first-order chi connectivity index (χ1) is 14.3. The quantitative estimate of drug-likeness (QED) is 0.782. The molecule has 0 spiro atoms. The number of hydrogen-bond donors (Lipinski definition) is 1. The second-order valence-electron chi connectivity index (χ2n) is 8.33. The number of carbonyl (C=O) groups excluding carboxylic acids is 2. The summed E-state index contributed by atoms with van der Waals surface area (Å²) in [7, 11) is -3.72. The van der Waals surface area contributed by atoms with Gasteiger partial charge < -0.3 is 15.0 Å². The maximum Gasteiger partial charge on any atom is 0.265 e. The summed E-state index contributed by atoms with van der Waals surface area (Å²) in [4.78, 5) is 26.8. The number of piperidine rings is 1. The summed E-state index contributed by atoms with van der Waals surface area (Å²) in [6.07, 6.45) is 3.07. The van der Waals surface area contributed by atoms with Gasteiger partial charge in [-0.2, -0.15) is 4.31 Å². The van der Waals surface area contributed by atoms with Crippen molar-refractivity contribution in [1.82, 2.24) is 9.21 Å². The zero-order valence-corrected chi connectivity index (χ0v) is 18.3. The molecule has 30 heavy (non-hydrogen) atoms. The second kappa shape index (κ2) is 8.19. The van der Waals surface area contributed by atoms with Gasteiger partial charge in [0, 0.05) is 38.2 Å². The number of aryl methyl sites for hydroxylation is 1. The van der Waals surface area contributed by atoms with Crippen molar-refractivity contribution in [2.45, 2.75) is 57.0 Å². The summed E-state index contributed by atoms with van der Waals surface area (Å²) in [5.74, 6) is 0.238. The van der Waals surface area contributed by atoms with Crippen molar-refractivity contribution >= 4 is 27.5 Å². The molecule has 0 bridgehead atoms. The van der Waals surface area contributed by atoms with Crippen molar-refractivity contribution in [1.29, 1.82) is 0 Å². The van der Waals surface area contributed by atoms with Crippen LogP contribution in [0.3, 0.4) is 0 Å². The average Bonchev–Trinajstić information content (AvgIpc) is 3.27. The number of carbonyl (C=O) groups is 2. The highest BCUT2D eigenvalue weighted by atomic mass is 32.2. The maximum absolute atomic E-state index is 13.3. The van der Waals surface area contributed by atoms with Crippen molar-refractivity contribution in [3.63, 3.8) is 0 Å². The van der Waals surface area contributed by atoms with Crippen LogP contribution in [0.15, 0.2) is 17.0 Å². The minimum Gasteiger partial charge on any atom is -0.478 e. The predicted molar refractivity (Wildman–Crippen MR) is 112 cm³/mol. The topological polar surface area (TPSA) is 96.0 Å². The number of likely N-dealkylation sites (tertiary alicyclic amines) is 1. The van der Waals surface area contributed by atoms with Crippen LogP contribution < -0.4 is 10.1 Å². The van der Waals surface area contributed by atoms with Crippen LogP contribution in [0.25, 0.3) is 0 Å². The number of sulfonamides is 1. The molecule has 3 aliphatic heterocycles. The lowest BCUT2D eigenvalue weighted by atomic mass is 9.97. The Hall–Kier alpha value is -2.13. The Morgan fingerprint density at radius 3 is 2.47 bits per heavy atom. The molecule has 0 radical (unpaired) electrons. The highest BCUT2D eigenvalue weighted by Gasteiger charge is 2.36. The summed E-state index contributed by atoms with van der Waals surface area (Å²) >= 11 is 0. The lowest BCUT2D eigenvalue weighted by Crippen LogP contribution is -2.44. The van der Waals surface area contributed by atoms with E-state index in [2.05, 4.69) is 5.32 Å². The molecule has 0 aliphatic carbocycles. The first-order valence-electron chi connectivity index (χ1n) is 10.7. The van der Waals surface area contributed by atoms with E-state index < -0.39 is 16.1 Å². The van der Waals surface area contributed by atoms with Gasteiger partial charge in [0.1, 0.15) is 5.75 Å². The zero-order valence-electron chi connectivity index (χ0n) is 17.5. The van der Waals surface area contributed by atoms with E-state index in [1.54, 1.807) is 13.0 Å². The van der Waals surface area contributed by atoms with Crippen molar-refractivity contribution in [2.75, 3.05) is 31.5 Å². The Morgan fingerprint density at radius 2 is 1.83 bits per heavy atom. The molecule has 2 saturated heterocycles. The summed E-state index contributed by atoms with van der Waals surface area (Å²) in [5, 5.41) is 2.79. The van der Waals surface area contributed by atoms with E-state index in [1.165, 1.54) is 10.4 Å². The molecule has 2 amide bonds. The largest absolute Gasteiger partial charge is 0.478 e. The molecule has 1 aromatic carbocycles. The highest BCUT2D eigenvalue weighted by Crippen LogP contribution is 2.36. The van der Waals surface area contributed by atoms with Gasteiger partial charge >= 0.3 is 0 Å². The molecule has 4 rings (SSSR count). The summed E-state index contributed by atoms with van der Waals surface area (Å²) in [6.45, 7) is 5.86. The zero-order chi connectivity index (χ0) is 21.5. The van der Waals surface area contributed by atoms with E-state index in [4.69, 9.17) is 4.74 Å². The van der Waals surface area contributed by atoms with Crippen LogP contribution in [0.1, 0.15) is 44.6 Å². The van der Waals surface area contributed by atoms with Crippen LogP contribution in [-0.4, -0.2) is 61.7 Å². The van der Waals surface area contributed by atoms with Gasteiger partial charge in [0.05, 0.1) is 10.6 Å². The third-order valence-electron chi connectivity index (χ3n) is 6.31. The molecule has 8 nitrogen and oxygen atoms in total. The van der Waals surface area contributed by atoms with Gasteiger partial charge in [-0.1, -0.05) is 6.92 Å². The minimum atomic E-state index is -3.72. The van der Waals surface area contributed by atoms with Crippen molar-refractivity contribution in [3.05, 3.63) is 17.7 Å². The van der Waals surface area contributed by atoms with E-state index in [0.717, 1.165) is 25.9 Å². The molecular formula is C21H29N3O5S. The Balaban J connectivity index is 1.50. The van der Waals surface area contributed by atoms with E-state index in [-0.39, 0.29) is 22.6 Å². The number of nitrogens with zero attached hydrogens (tertiary/aromatic N) is 2. The Bertz CT molecular complexity index is 948. The highest BCUT2D eigenvalue weighted by molar-refractivity contribution is 7.89. The Kier molecular flexibility index (Phi) is 5.76. The fourth-order valence-electron chi connectivity index (χ4n) is 4.51. The number of amides is 2. The van der Waals surface area contributed by atoms with Gasteiger partial charge in [-0.15, -0.1) is 0 Å². The van der Waals surface area contributed by atoms with Crippen molar-refractivity contribution < 1.29 is 22.7 Å². The van der Waals surface area contributed by atoms with E-state index >= 15 is 0 Å². The van der Waals surface area contributed by atoms with Gasteiger partial charge in [0.25, 0.3) is 5.91 Å². The fourth-order valence-corrected chi connectivity index (χ4v) is 6.20. The minimum absolute atomic E-state index is 0.0944. The van der Waals surface area contributed by atoms with E-state index in [1.807, 2.05) is 11.8 Å². The maximum atomic E-state index is 13.3. The first kappa shape index (κ1) is 21.1. The number of benzene rings is 1. The van der Waals surface area contributed by atoms with Crippen molar-refractivity contribution in [3.8, 4) is 5.75 Å². The van der Waals surface area contributed by atoms with Gasteiger partial charge in [0.15, 0.2) is 6.10 Å². The SMILES string of the molecule is CC[C@H]1Oc2cc(S(=O)(=O)N3CCC(C(=O)N4CCCC4)CC3)c(C)cc2NC1=O. The van der Waals surface area contributed by atoms with Gasteiger partial charge in [0.2, 0.25) is 15.9 Å². The second-order valence-corrected chi connectivity index (χ2v) is 10.2. The van der Waals surface area contributed by atoms with Crippen LogP contribution in [0.2, 0.25) is 0 Å². The number of anilines is 1. The molecule has 3 aliphatic rings. The molecule has 1 aromatic rings. The number of nitrogens with one attached hydrogen (secondary N) is 1. The smallest absolute Gasteiger partial charge is 0.265 e. The number of rotatable bonds is 4. The third-order valence-corrected chi connectivity index (χ3v) is 8.35. The normalized spacial score (nSPS) is 23.1. The van der Waals surface area contributed by atoms with Gasteiger partial charge in [-0.05, 0) is 50.7 Å². The van der Waals surface area contributed by atoms with Gasteiger partial charge in [-0.3, -0.25) is 9.59 Å². The molecule has 0 saturated carbocycles. The van der Waals surface area contributed by atoms with Crippen LogP contribution in [0.5, 0.6) is 5.75 Å².